The largest absolute Gasteiger partial charge is 0.338 e. The average molecular weight is 401 g/mol. The van der Waals surface area contributed by atoms with Crippen molar-refractivity contribution in [3.05, 3.63) is 27.8 Å². The Morgan fingerprint density at radius 3 is 2.57 bits per heavy atom. The van der Waals surface area contributed by atoms with E-state index in [1.807, 2.05) is 24.3 Å². The van der Waals surface area contributed by atoms with Crippen molar-refractivity contribution < 1.29 is 4.79 Å². The number of carbonyl (C=O) groups is 1. The third kappa shape index (κ3) is 5.82. The zero-order valence-corrected chi connectivity index (χ0v) is 14.7. The number of carbonyl (C=O) groups excluding carboxylic acids is 1. The number of benzene rings is 1. The number of hydrogen-bond donors (Lipinski definition) is 2. The summed E-state index contributed by atoms with van der Waals surface area (Å²) in [7, 11) is 0. The molecule has 5 heteroatoms. The molecule has 1 aromatic rings. The molecule has 0 spiro atoms. The summed E-state index contributed by atoms with van der Waals surface area (Å²) in [5, 5.41) is 5.87. The van der Waals surface area contributed by atoms with Crippen molar-refractivity contribution >= 4 is 34.3 Å². The smallest absolute Gasteiger partial charge is 0.319 e. The summed E-state index contributed by atoms with van der Waals surface area (Å²) >= 11 is 2.25. The summed E-state index contributed by atoms with van der Waals surface area (Å²) in [6, 6.07) is 7.71. The maximum Gasteiger partial charge on any atom is 0.319 e. The van der Waals surface area contributed by atoms with Crippen molar-refractivity contribution in [3.8, 4) is 0 Å². The van der Waals surface area contributed by atoms with E-state index in [1.54, 1.807) is 0 Å². The first-order valence-corrected chi connectivity index (χ1v) is 8.78. The first kappa shape index (κ1) is 16.5. The fraction of sp³-hybridized carbons (Fsp3) is 0.562. The lowest BCUT2D eigenvalue weighted by atomic mass is 9.97. The molecule has 2 amide bonds. The lowest BCUT2D eigenvalue weighted by molar-refractivity contribution is 0.182. The van der Waals surface area contributed by atoms with Crippen molar-refractivity contribution in [2.24, 2.45) is 5.92 Å². The molecule has 0 saturated carbocycles. The van der Waals surface area contributed by atoms with Crippen LogP contribution in [0.25, 0.3) is 0 Å². The molecule has 0 aliphatic carbocycles. The third-order valence-corrected chi connectivity index (χ3v) is 4.62. The van der Waals surface area contributed by atoms with Crippen LogP contribution in [-0.4, -0.2) is 37.1 Å². The van der Waals surface area contributed by atoms with Gasteiger partial charge in [-0.2, -0.15) is 0 Å². The minimum Gasteiger partial charge on any atom is -0.338 e. The molecule has 2 N–H and O–H groups in total. The molecule has 1 heterocycles. The van der Waals surface area contributed by atoms with Crippen LogP contribution in [-0.2, 0) is 0 Å². The van der Waals surface area contributed by atoms with Crippen LogP contribution in [0.15, 0.2) is 24.3 Å². The minimum absolute atomic E-state index is 0.104. The number of piperidine rings is 1. The highest BCUT2D eigenvalue weighted by atomic mass is 127. The van der Waals surface area contributed by atoms with Gasteiger partial charge in [-0.05, 0) is 91.7 Å². The summed E-state index contributed by atoms with van der Waals surface area (Å²) in [4.78, 5) is 14.4. The molecular formula is C16H24IN3O. The Hall–Kier alpha value is -0.820. The van der Waals surface area contributed by atoms with Crippen LogP contribution in [0.4, 0.5) is 10.5 Å². The summed E-state index contributed by atoms with van der Waals surface area (Å²) in [6.07, 6.45) is 3.59. The molecule has 0 atom stereocenters. The molecule has 2 rings (SSSR count). The van der Waals surface area contributed by atoms with Crippen molar-refractivity contribution in [2.75, 3.05) is 31.5 Å². The van der Waals surface area contributed by atoms with Crippen LogP contribution in [0.2, 0.25) is 0 Å². The second-order valence-corrected chi connectivity index (χ2v) is 6.87. The number of rotatable bonds is 5. The molecule has 1 fully saturated rings. The zero-order chi connectivity index (χ0) is 15.1. The number of halogens is 1. The van der Waals surface area contributed by atoms with Crippen molar-refractivity contribution in [1.29, 1.82) is 0 Å². The quantitative estimate of drug-likeness (QED) is 0.742. The monoisotopic (exact) mass is 401 g/mol. The van der Waals surface area contributed by atoms with E-state index >= 15 is 0 Å². The van der Waals surface area contributed by atoms with E-state index < -0.39 is 0 Å². The highest BCUT2D eigenvalue weighted by Gasteiger charge is 2.18. The first-order chi connectivity index (χ1) is 10.2. The van der Waals surface area contributed by atoms with Crippen LogP contribution < -0.4 is 10.6 Å². The fourth-order valence-electron chi connectivity index (χ4n) is 2.68. The van der Waals surface area contributed by atoms with E-state index in [4.69, 9.17) is 0 Å². The van der Waals surface area contributed by atoms with Gasteiger partial charge in [-0.25, -0.2) is 4.79 Å². The van der Waals surface area contributed by atoms with Gasteiger partial charge in [-0.3, -0.25) is 0 Å². The number of urea groups is 1. The highest BCUT2D eigenvalue weighted by molar-refractivity contribution is 14.1. The standard InChI is InChI=1S/C16H24IN3O/c1-2-9-20-10-7-13(8-11-20)12-18-16(21)19-15-5-3-14(17)4-6-15/h3-6,13H,2,7-12H2,1H3,(H2,18,19,21). The molecule has 0 aromatic heterocycles. The van der Waals surface area contributed by atoms with Crippen LogP contribution in [0.1, 0.15) is 26.2 Å². The van der Waals surface area contributed by atoms with E-state index in [0.717, 1.165) is 15.8 Å². The Kier molecular flexibility index (Phi) is 6.76. The van der Waals surface area contributed by atoms with Crippen molar-refractivity contribution in [1.82, 2.24) is 10.2 Å². The van der Waals surface area contributed by atoms with Crippen LogP contribution in [0, 0.1) is 9.49 Å². The Bertz CT molecular complexity index is 441. The summed E-state index contributed by atoms with van der Waals surface area (Å²) < 4.78 is 1.16. The number of nitrogens with one attached hydrogen (secondary N) is 2. The van der Waals surface area contributed by atoms with E-state index in [0.29, 0.717) is 5.92 Å². The van der Waals surface area contributed by atoms with Gasteiger partial charge in [0, 0.05) is 15.8 Å². The molecule has 1 aliphatic rings. The normalized spacial score (nSPS) is 16.7. The summed E-state index contributed by atoms with van der Waals surface area (Å²) in [5.74, 6) is 0.612. The lowest BCUT2D eigenvalue weighted by Gasteiger charge is -2.31. The minimum atomic E-state index is -0.104. The first-order valence-electron chi connectivity index (χ1n) is 7.70. The maximum atomic E-state index is 11.9. The van der Waals surface area contributed by atoms with Crippen LogP contribution in [0.3, 0.4) is 0 Å². The zero-order valence-electron chi connectivity index (χ0n) is 12.6. The number of nitrogens with zero attached hydrogens (tertiary/aromatic N) is 1. The number of anilines is 1. The van der Waals surface area contributed by atoms with Crippen LogP contribution in [0.5, 0.6) is 0 Å². The van der Waals surface area contributed by atoms with Gasteiger partial charge < -0.3 is 15.5 Å². The summed E-state index contributed by atoms with van der Waals surface area (Å²) in [5.41, 5.74) is 0.839. The lowest BCUT2D eigenvalue weighted by Crippen LogP contribution is -2.39. The Labute approximate surface area is 140 Å². The van der Waals surface area contributed by atoms with Gasteiger partial charge in [-0.15, -0.1) is 0 Å². The molecule has 1 aliphatic heterocycles. The number of amides is 2. The van der Waals surface area contributed by atoms with E-state index in [2.05, 4.69) is 45.0 Å². The van der Waals surface area contributed by atoms with Crippen LogP contribution >= 0.6 is 22.6 Å². The van der Waals surface area contributed by atoms with Gasteiger partial charge >= 0.3 is 6.03 Å². The van der Waals surface area contributed by atoms with Crippen molar-refractivity contribution in [3.63, 3.8) is 0 Å². The van der Waals surface area contributed by atoms with E-state index in [1.165, 1.54) is 38.9 Å². The predicted octanol–water partition coefficient (Wildman–Crippen LogP) is 3.53. The SMILES string of the molecule is CCCN1CCC(CNC(=O)Nc2ccc(I)cc2)CC1. The highest BCUT2D eigenvalue weighted by Crippen LogP contribution is 2.16. The average Bonchev–Trinajstić information content (AvgIpc) is 2.49. The maximum absolute atomic E-state index is 11.9. The van der Waals surface area contributed by atoms with Gasteiger partial charge in [0.1, 0.15) is 0 Å². The molecule has 21 heavy (non-hydrogen) atoms. The Morgan fingerprint density at radius 2 is 1.95 bits per heavy atom. The molecule has 1 aromatic carbocycles. The number of hydrogen-bond acceptors (Lipinski definition) is 2. The predicted molar refractivity (Wildman–Crippen MR) is 95.6 cm³/mol. The topological polar surface area (TPSA) is 44.4 Å². The third-order valence-electron chi connectivity index (χ3n) is 3.90. The molecule has 0 radical (unpaired) electrons. The second kappa shape index (κ2) is 8.58. The van der Waals surface area contributed by atoms with Crippen molar-refractivity contribution in [2.45, 2.75) is 26.2 Å². The Morgan fingerprint density at radius 1 is 1.29 bits per heavy atom. The van der Waals surface area contributed by atoms with Gasteiger partial charge in [0.25, 0.3) is 0 Å². The van der Waals surface area contributed by atoms with Gasteiger partial charge in [0.05, 0.1) is 0 Å². The van der Waals surface area contributed by atoms with Gasteiger partial charge in [0.15, 0.2) is 0 Å². The van der Waals surface area contributed by atoms with Gasteiger partial charge in [-0.1, -0.05) is 6.92 Å². The molecule has 0 bridgehead atoms. The number of likely N-dealkylation sites (tertiary alicyclic amines) is 1. The molecule has 116 valence electrons. The second-order valence-electron chi connectivity index (χ2n) is 5.63. The Balaban J connectivity index is 1.66. The van der Waals surface area contributed by atoms with E-state index in [-0.39, 0.29) is 6.03 Å². The molecular weight excluding hydrogens is 377 g/mol. The molecule has 1 saturated heterocycles. The van der Waals surface area contributed by atoms with E-state index in [9.17, 15) is 4.79 Å². The molecule has 0 unspecified atom stereocenters. The fourth-order valence-corrected chi connectivity index (χ4v) is 3.04. The summed E-state index contributed by atoms with van der Waals surface area (Å²) in [6.45, 7) is 6.53. The van der Waals surface area contributed by atoms with Gasteiger partial charge in [0.2, 0.25) is 0 Å². The molecule has 4 nitrogen and oxygen atoms in total.